The van der Waals surface area contributed by atoms with Gasteiger partial charge in [-0.05, 0) is 117 Å². The Morgan fingerprint density at radius 1 is 1.04 bits per heavy atom. The van der Waals surface area contributed by atoms with E-state index >= 15 is 0 Å². The van der Waals surface area contributed by atoms with Crippen molar-refractivity contribution in [2.75, 3.05) is 26.2 Å². The number of ether oxygens (including phenoxy) is 3. The average molecular weight is 648 g/mol. The van der Waals surface area contributed by atoms with Crippen LogP contribution in [-0.2, 0) is 23.8 Å². The summed E-state index contributed by atoms with van der Waals surface area (Å²) in [5.41, 5.74) is -0.727. The molecule has 2 spiro atoms. The molecule has 9 heteroatoms. The number of hydrogen-bond acceptors (Lipinski definition) is 9. The molecule has 9 nitrogen and oxygen atoms in total. The van der Waals surface area contributed by atoms with E-state index in [1.807, 2.05) is 0 Å². The summed E-state index contributed by atoms with van der Waals surface area (Å²) in [6.45, 7) is 21.4. The Labute approximate surface area is 276 Å². The van der Waals surface area contributed by atoms with Crippen LogP contribution in [0, 0.1) is 50.7 Å². The topological polar surface area (TPSA) is 126 Å². The highest BCUT2D eigenvalue weighted by atomic mass is 16.7. The molecule has 7 aliphatic rings. The van der Waals surface area contributed by atoms with Crippen LogP contribution in [-0.4, -0.2) is 95.0 Å². The normalized spacial score (nSPS) is 51.5. The molecule has 7 fully saturated rings. The molecule has 0 radical (unpaired) electrons. The highest BCUT2D eigenvalue weighted by Gasteiger charge is 2.84. The lowest BCUT2D eigenvalue weighted by molar-refractivity contribution is -0.248. The number of aliphatic hydroxyl groups excluding tert-OH is 2. The average Bonchev–Trinajstić information content (AvgIpc) is 3.63. The Balaban J connectivity index is 0.00000119. The number of rotatable bonds is 5. The smallest absolute Gasteiger partial charge is 0.373 e. The second-order valence-corrected chi connectivity index (χ2v) is 18.1. The van der Waals surface area contributed by atoms with Crippen molar-refractivity contribution in [3.8, 4) is 0 Å². The third-order valence-corrected chi connectivity index (χ3v) is 15.7. The largest absolute Gasteiger partial charge is 0.390 e. The van der Waals surface area contributed by atoms with Crippen molar-refractivity contribution >= 4 is 6.15 Å². The second kappa shape index (κ2) is 11.6. The first kappa shape index (κ1) is 34.9. The molecule has 2 heterocycles. The fourth-order valence-corrected chi connectivity index (χ4v) is 13.4. The van der Waals surface area contributed by atoms with Gasteiger partial charge in [0.25, 0.3) is 0 Å². The Bertz CT molecular complexity index is 1180. The SMILES string of the molecule is CCN1CCO[C@@H](OC2CC[C@]34C[C@]35CC[C@]3(C)[C@@H]6C(OC([C@H](O)C(C)(C)O)C[C@H]6C)[C@H](O)[C@@]3(C)C5CC[C@H]4C2(C)C)C1.O=C=O. The van der Waals surface area contributed by atoms with Gasteiger partial charge in [0, 0.05) is 18.5 Å². The Morgan fingerprint density at radius 2 is 1.70 bits per heavy atom. The molecule has 0 aromatic rings. The number of nitrogens with zero attached hydrogens (tertiary/aromatic N) is 1. The molecule has 0 aromatic heterocycles. The zero-order valence-corrected chi connectivity index (χ0v) is 29.6. The number of carbonyl (C=O) groups excluding carboxylic acids is 2. The molecule has 4 unspecified atom stereocenters. The molecule has 46 heavy (non-hydrogen) atoms. The van der Waals surface area contributed by atoms with Crippen LogP contribution in [0.25, 0.3) is 0 Å². The lowest BCUT2D eigenvalue weighted by atomic mass is 9.41. The summed E-state index contributed by atoms with van der Waals surface area (Å²) in [6.07, 6.45) is 7.21. The van der Waals surface area contributed by atoms with E-state index in [1.54, 1.807) is 13.8 Å². The predicted molar refractivity (Wildman–Crippen MR) is 170 cm³/mol. The van der Waals surface area contributed by atoms with Crippen LogP contribution in [0.4, 0.5) is 0 Å². The van der Waals surface area contributed by atoms with Gasteiger partial charge in [-0.3, -0.25) is 4.90 Å². The van der Waals surface area contributed by atoms with Gasteiger partial charge in [-0.25, -0.2) is 0 Å². The number of morpholine rings is 1. The molecule has 5 saturated carbocycles. The third-order valence-electron chi connectivity index (χ3n) is 15.7. The molecule has 0 bridgehead atoms. The van der Waals surface area contributed by atoms with Crippen molar-refractivity contribution < 1.29 is 39.1 Å². The van der Waals surface area contributed by atoms with Gasteiger partial charge < -0.3 is 29.5 Å². The highest BCUT2D eigenvalue weighted by molar-refractivity contribution is 5.33. The Hall–Kier alpha value is -0.900. The maximum Gasteiger partial charge on any atom is 0.373 e. The summed E-state index contributed by atoms with van der Waals surface area (Å²) < 4.78 is 19.6. The van der Waals surface area contributed by atoms with Crippen LogP contribution in [0.15, 0.2) is 0 Å². The number of likely N-dealkylation sites (N-methyl/N-ethyl adjacent to an activating group) is 1. The predicted octanol–water partition coefficient (Wildman–Crippen LogP) is 4.41. The van der Waals surface area contributed by atoms with Gasteiger partial charge in [0.05, 0.1) is 36.6 Å². The summed E-state index contributed by atoms with van der Waals surface area (Å²) >= 11 is 0. The molecule has 5 aliphatic carbocycles. The fourth-order valence-electron chi connectivity index (χ4n) is 13.4. The van der Waals surface area contributed by atoms with Crippen molar-refractivity contribution in [1.29, 1.82) is 0 Å². The van der Waals surface area contributed by atoms with Crippen LogP contribution in [0.5, 0.6) is 0 Å². The van der Waals surface area contributed by atoms with Crippen molar-refractivity contribution in [2.24, 2.45) is 50.7 Å². The molecule has 0 amide bonds. The van der Waals surface area contributed by atoms with E-state index in [2.05, 4.69) is 46.4 Å². The summed E-state index contributed by atoms with van der Waals surface area (Å²) in [4.78, 5) is 18.7. The molecular formula is C37H61NO8. The van der Waals surface area contributed by atoms with E-state index in [9.17, 15) is 15.3 Å². The standard InChI is InChI=1S/C36H61NO6.CO2/c1-9-37-16-17-41-26(19-37)43-25-12-13-35-20-36(35)15-14-33(7)27-21(2)18-22(29(38)32(5,6)40)42-28(27)30(39)34(33,8)24(36)11-10-23(35)31(25,3)4;2-1-3/h21-30,38-40H,9-20H2,1-8H3;/t21-,22?,23+,24?,25?,26+,27+,28?,29+,30+,33-,34-,35-,36+;/m1./s1. The molecule has 2 aliphatic heterocycles. The molecule has 14 atom stereocenters. The minimum atomic E-state index is -1.24. The fraction of sp³-hybridized carbons (Fsp3) is 0.973. The van der Waals surface area contributed by atoms with Gasteiger partial charge in [0.2, 0.25) is 0 Å². The maximum atomic E-state index is 12.4. The Kier molecular flexibility index (Phi) is 8.80. The molecular weight excluding hydrogens is 586 g/mol. The molecule has 3 N–H and O–H groups in total. The minimum Gasteiger partial charge on any atom is -0.390 e. The molecule has 7 rings (SSSR count). The summed E-state index contributed by atoms with van der Waals surface area (Å²) in [7, 11) is 0. The van der Waals surface area contributed by atoms with Crippen molar-refractivity contribution in [3.05, 3.63) is 0 Å². The van der Waals surface area contributed by atoms with Crippen LogP contribution >= 0.6 is 0 Å². The first-order valence-electron chi connectivity index (χ1n) is 18.2. The first-order chi connectivity index (χ1) is 21.5. The van der Waals surface area contributed by atoms with Gasteiger partial charge in [0.1, 0.15) is 6.10 Å². The van der Waals surface area contributed by atoms with E-state index in [0.29, 0.717) is 28.6 Å². The van der Waals surface area contributed by atoms with Crippen LogP contribution in [0.1, 0.15) is 107 Å². The van der Waals surface area contributed by atoms with Crippen molar-refractivity contribution in [3.63, 3.8) is 0 Å². The molecule has 262 valence electrons. The van der Waals surface area contributed by atoms with Gasteiger partial charge in [-0.1, -0.05) is 41.5 Å². The summed E-state index contributed by atoms with van der Waals surface area (Å²) in [5, 5.41) is 34.0. The quantitative estimate of drug-likeness (QED) is 0.398. The summed E-state index contributed by atoms with van der Waals surface area (Å²) in [6, 6.07) is 0. The number of fused-ring (bicyclic) bond motifs is 4. The zero-order chi connectivity index (χ0) is 33.7. The second-order valence-electron chi connectivity index (χ2n) is 18.1. The van der Waals surface area contributed by atoms with E-state index in [0.717, 1.165) is 45.5 Å². The maximum absolute atomic E-state index is 12.4. The number of hydrogen-bond donors (Lipinski definition) is 3. The van der Waals surface area contributed by atoms with Crippen LogP contribution in [0.3, 0.4) is 0 Å². The summed E-state index contributed by atoms with van der Waals surface area (Å²) in [5.74, 6) is 1.70. The van der Waals surface area contributed by atoms with E-state index in [1.165, 1.54) is 32.1 Å². The molecule has 0 aromatic carbocycles. The van der Waals surface area contributed by atoms with Gasteiger partial charge in [-0.15, -0.1) is 0 Å². The zero-order valence-electron chi connectivity index (χ0n) is 29.6. The first-order valence-corrected chi connectivity index (χ1v) is 18.2. The van der Waals surface area contributed by atoms with Gasteiger partial charge >= 0.3 is 6.15 Å². The Morgan fingerprint density at radius 3 is 2.35 bits per heavy atom. The van der Waals surface area contributed by atoms with Gasteiger partial charge in [-0.2, -0.15) is 9.59 Å². The molecule has 2 saturated heterocycles. The van der Waals surface area contributed by atoms with Crippen molar-refractivity contribution in [1.82, 2.24) is 4.90 Å². The van der Waals surface area contributed by atoms with Gasteiger partial charge in [0.15, 0.2) is 6.29 Å². The van der Waals surface area contributed by atoms with E-state index < -0.39 is 23.9 Å². The van der Waals surface area contributed by atoms with Crippen molar-refractivity contribution in [2.45, 2.75) is 149 Å². The highest BCUT2D eigenvalue weighted by Crippen LogP contribution is 2.89. The lowest BCUT2D eigenvalue weighted by Gasteiger charge is -2.64. The number of aliphatic hydroxyl groups is 3. The monoisotopic (exact) mass is 647 g/mol. The van der Waals surface area contributed by atoms with E-state index in [-0.39, 0.29) is 46.8 Å². The van der Waals surface area contributed by atoms with E-state index in [4.69, 9.17) is 23.8 Å². The lowest BCUT2D eigenvalue weighted by Crippen LogP contribution is -2.60. The third kappa shape index (κ3) is 4.73. The minimum absolute atomic E-state index is 0.00695. The van der Waals surface area contributed by atoms with Crippen LogP contribution < -0.4 is 0 Å². The van der Waals surface area contributed by atoms with Crippen LogP contribution in [0.2, 0.25) is 0 Å².